The lowest BCUT2D eigenvalue weighted by molar-refractivity contribution is 0.805. The lowest BCUT2D eigenvalue weighted by atomic mass is 9.94. The average molecular weight is 648 g/mol. The maximum atomic E-state index is 5.59. The topological polar surface area (TPSA) is 77.6 Å². The van der Waals surface area contributed by atoms with Gasteiger partial charge in [-0.15, -0.1) is 0 Å². The van der Waals surface area contributed by atoms with Gasteiger partial charge in [0.1, 0.15) is 0 Å². The summed E-state index contributed by atoms with van der Waals surface area (Å²) in [6.45, 7) is 2.19. The fourth-order valence-corrected chi connectivity index (χ4v) is 6.12. The van der Waals surface area contributed by atoms with Crippen molar-refractivity contribution in [1.82, 2.24) is 19.9 Å². The Labute approximate surface area is 293 Å². The molecule has 1 atom stereocenters. The molecule has 7 rings (SSSR count). The first kappa shape index (κ1) is 32.1. The van der Waals surface area contributed by atoms with Gasteiger partial charge in [-0.1, -0.05) is 122 Å². The van der Waals surface area contributed by atoms with Crippen LogP contribution in [-0.2, 0) is 0 Å². The summed E-state index contributed by atoms with van der Waals surface area (Å²) in [5.74, 6) is 2.04. The van der Waals surface area contributed by atoms with Crippen LogP contribution in [0, 0.1) is 0 Å². The van der Waals surface area contributed by atoms with Crippen LogP contribution >= 0.6 is 0 Å². The molecule has 0 aliphatic heterocycles. The van der Waals surface area contributed by atoms with Crippen molar-refractivity contribution in [2.45, 2.75) is 19.3 Å². The third-order valence-electron chi connectivity index (χ3n) is 8.70. The van der Waals surface area contributed by atoms with E-state index in [2.05, 4.69) is 121 Å². The summed E-state index contributed by atoms with van der Waals surface area (Å²) in [4.78, 5) is 20.0. The Morgan fingerprint density at radius 2 is 1.02 bits per heavy atom. The molecule has 0 fully saturated rings. The quantitative estimate of drug-likeness (QED) is 0.149. The number of allylic oxidation sites excluding steroid dienone is 3. The van der Waals surface area contributed by atoms with Gasteiger partial charge in [-0.25, -0.2) is 15.0 Å². The standard InChI is InChI=1S/C45H37N5/c1-2-32(15-9-11-25-46)35-20-13-22-37(27-35)43-48-44(38-23-14-21-36(28-38)42-24-10-12-26-47-42)50-45(49-43)41-30-39(33-16-5-3-6-17-33)29-40(31-41)34-18-7-4-8-19-34/h3-32H,2,46H2,1H3/b15-9-,25-11-/t32-/m1/s1. The summed E-state index contributed by atoms with van der Waals surface area (Å²) in [7, 11) is 0. The molecular formula is C45H37N5. The molecular weight excluding hydrogens is 611 g/mol. The van der Waals surface area contributed by atoms with Gasteiger partial charge in [0, 0.05) is 34.4 Å². The highest BCUT2D eigenvalue weighted by Gasteiger charge is 2.16. The van der Waals surface area contributed by atoms with Crippen molar-refractivity contribution in [2.75, 3.05) is 0 Å². The lowest BCUT2D eigenvalue weighted by Crippen LogP contribution is -2.02. The van der Waals surface area contributed by atoms with Crippen molar-refractivity contribution in [1.29, 1.82) is 0 Å². The Morgan fingerprint density at radius 1 is 0.500 bits per heavy atom. The van der Waals surface area contributed by atoms with E-state index in [0.29, 0.717) is 17.5 Å². The first-order valence-corrected chi connectivity index (χ1v) is 16.9. The first-order chi connectivity index (χ1) is 24.7. The second-order valence-corrected chi connectivity index (χ2v) is 12.0. The predicted octanol–water partition coefficient (Wildman–Crippen LogP) is 10.8. The van der Waals surface area contributed by atoms with Crippen LogP contribution < -0.4 is 5.73 Å². The van der Waals surface area contributed by atoms with E-state index in [9.17, 15) is 0 Å². The lowest BCUT2D eigenvalue weighted by Gasteiger charge is -2.14. The first-order valence-electron chi connectivity index (χ1n) is 16.9. The van der Waals surface area contributed by atoms with Gasteiger partial charge < -0.3 is 5.73 Å². The Morgan fingerprint density at radius 3 is 1.62 bits per heavy atom. The summed E-state index contributed by atoms with van der Waals surface area (Å²) in [5, 5.41) is 0. The molecule has 0 unspecified atom stereocenters. The van der Waals surface area contributed by atoms with Crippen molar-refractivity contribution in [3.63, 3.8) is 0 Å². The molecule has 242 valence electrons. The van der Waals surface area contributed by atoms with E-state index in [-0.39, 0.29) is 5.92 Å². The number of hydrogen-bond donors (Lipinski definition) is 1. The SMILES string of the molecule is CC[C@H](/C=C\C=C/N)c1cccc(-c2nc(-c3cc(-c4ccccc4)cc(-c4ccccc4)c3)nc(-c3cccc(-c4ccccn4)c3)n2)c1. The molecule has 0 saturated carbocycles. The fraction of sp³-hybridized carbons (Fsp3) is 0.0667. The van der Waals surface area contributed by atoms with Gasteiger partial charge >= 0.3 is 0 Å². The third kappa shape index (κ3) is 7.33. The van der Waals surface area contributed by atoms with Gasteiger partial charge in [-0.2, -0.15) is 0 Å². The van der Waals surface area contributed by atoms with E-state index in [1.54, 1.807) is 6.20 Å². The molecule has 7 aromatic rings. The van der Waals surface area contributed by atoms with Crippen molar-refractivity contribution < 1.29 is 0 Å². The summed E-state index contributed by atoms with van der Waals surface area (Å²) < 4.78 is 0. The highest BCUT2D eigenvalue weighted by molar-refractivity contribution is 5.80. The summed E-state index contributed by atoms with van der Waals surface area (Å²) >= 11 is 0. The molecule has 0 radical (unpaired) electrons. The Balaban J connectivity index is 1.42. The number of nitrogens with two attached hydrogens (primary N) is 1. The molecule has 2 N–H and O–H groups in total. The molecule has 0 amide bonds. The second-order valence-electron chi connectivity index (χ2n) is 12.0. The van der Waals surface area contributed by atoms with Crippen LogP contribution in [0.25, 0.3) is 67.7 Å². The van der Waals surface area contributed by atoms with E-state index in [1.165, 1.54) is 5.56 Å². The summed E-state index contributed by atoms with van der Waals surface area (Å²) in [6.07, 6.45) is 10.3. The maximum absolute atomic E-state index is 5.59. The van der Waals surface area contributed by atoms with Crippen LogP contribution in [-0.4, -0.2) is 19.9 Å². The van der Waals surface area contributed by atoms with Crippen LogP contribution in [0.15, 0.2) is 176 Å². The van der Waals surface area contributed by atoms with E-state index in [0.717, 1.165) is 56.6 Å². The minimum Gasteiger partial charge on any atom is -0.405 e. The molecule has 2 aromatic heterocycles. The molecule has 0 aliphatic carbocycles. The highest BCUT2D eigenvalue weighted by atomic mass is 15.0. The minimum absolute atomic E-state index is 0.220. The van der Waals surface area contributed by atoms with Gasteiger partial charge in [-0.3, -0.25) is 4.98 Å². The van der Waals surface area contributed by atoms with Crippen LogP contribution in [0.5, 0.6) is 0 Å². The summed E-state index contributed by atoms with van der Waals surface area (Å²) in [5.41, 5.74) is 15.8. The molecule has 0 bridgehead atoms. The smallest absolute Gasteiger partial charge is 0.164 e. The molecule has 0 spiro atoms. The van der Waals surface area contributed by atoms with Crippen LogP contribution in [0.4, 0.5) is 0 Å². The predicted molar refractivity (Wildman–Crippen MR) is 206 cm³/mol. The monoisotopic (exact) mass is 647 g/mol. The summed E-state index contributed by atoms with van der Waals surface area (Å²) in [6, 6.07) is 50.1. The second kappa shape index (κ2) is 15.2. The van der Waals surface area contributed by atoms with Crippen molar-refractivity contribution in [3.05, 3.63) is 182 Å². The Bertz CT molecular complexity index is 2200. The van der Waals surface area contributed by atoms with Crippen LogP contribution in [0.3, 0.4) is 0 Å². The van der Waals surface area contributed by atoms with Crippen molar-refractivity contribution in [3.8, 4) is 67.7 Å². The van der Waals surface area contributed by atoms with Gasteiger partial charge in [0.2, 0.25) is 0 Å². The van der Waals surface area contributed by atoms with Crippen LogP contribution in [0.2, 0.25) is 0 Å². The number of aromatic nitrogens is 4. The van der Waals surface area contributed by atoms with E-state index < -0.39 is 0 Å². The number of hydrogen-bond acceptors (Lipinski definition) is 5. The number of nitrogens with zero attached hydrogens (tertiary/aromatic N) is 4. The molecule has 2 heterocycles. The van der Waals surface area contributed by atoms with Crippen LogP contribution in [0.1, 0.15) is 24.8 Å². The molecule has 5 nitrogen and oxygen atoms in total. The van der Waals surface area contributed by atoms with Gasteiger partial charge in [0.25, 0.3) is 0 Å². The van der Waals surface area contributed by atoms with E-state index in [1.807, 2.05) is 60.8 Å². The van der Waals surface area contributed by atoms with Gasteiger partial charge in [-0.05, 0) is 89.0 Å². The largest absolute Gasteiger partial charge is 0.405 e. The van der Waals surface area contributed by atoms with Gasteiger partial charge in [0.05, 0.1) is 5.69 Å². The maximum Gasteiger partial charge on any atom is 0.164 e. The Hall–Kier alpha value is -6.46. The zero-order valence-corrected chi connectivity index (χ0v) is 27.9. The average Bonchev–Trinajstić information content (AvgIpc) is 3.20. The van der Waals surface area contributed by atoms with E-state index >= 15 is 0 Å². The molecule has 50 heavy (non-hydrogen) atoms. The van der Waals surface area contributed by atoms with E-state index in [4.69, 9.17) is 20.7 Å². The number of benzene rings is 5. The number of pyridine rings is 1. The van der Waals surface area contributed by atoms with Gasteiger partial charge in [0.15, 0.2) is 17.5 Å². The zero-order chi connectivity index (χ0) is 34.1. The minimum atomic E-state index is 0.220. The number of rotatable bonds is 10. The van der Waals surface area contributed by atoms with Crippen molar-refractivity contribution >= 4 is 0 Å². The highest BCUT2D eigenvalue weighted by Crippen LogP contribution is 2.34. The fourth-order valence-electron chi connectivity index (χ4n) is 6.12. The third-order valence-corrected chi connectivity index (χ3v) is 8.70. The van der Waals surface area contributed by atoms with Crippen molar-refractivity contribution in [2.24, 2.45) is 5.73 Å². The normalized spacial score (nSPS) is 12.0. The zero-order valence-electron chi connectivity index (χ0n) is 27.9. The molecule has 0 aliphatic rings. The Kier molecular flexibility index (Phi) is 9.75. The molecule has 0 saturated heterocycles. The molecule has 5 heteroatoms. The molecule has 5 aromatic carbocycles.